The average Bonchev–Trinajstić information content (AvgIpc) is 2.34. The van der Waals surface area contributed by atoms with Gasteiger partial charge in [-0.2, -0.15) is 0 Å². The molecule has 0 aromatic rings. The topological polar surface area (TPSA) is 66.8 Å². The van der Waals surface area contributed by atoms with Crippen molar-refractivity contribution in [1.82, 2.24) is 4.90 Å². The number of carboxylic acid groups (broad SMARTS) is 1. The van der Waals surface area contributed by atoms with Crippen molar-refractivity contribution in [1.29, 1.82) is 0 Å². The van der Waals surface area contributed by atoms with E-state index in [9.17, 15) is 9.59 Å². The van der Waals surface area contributed by atoms with E-state index in [0.717, 1.165) is 44.6 Å². The first-order valence-corrected chi connectivity index (χ1v) is 5.83. The predicted molar refractivity (Wildman–Crippen MR) is 62.6 cm³/mol. The van der Waals surface area contributed by atoms with Gasteiger partial charge in [-0.25, -0.2) is 4.79 Å². The SMILES string of the molecule is CN(CCC1CCOCC1)C(=O)/C=C/C(=O)O. The Hall–Kier alpha value is -1.36. The molecule has 0 aromatic heterocycles. The summed E-state index contributed by atoms with van der Waals surface area (Å²) in [5.74, 6) is -0.752. The van der Waals surface area contributed by atoms with Crippen LogP contribution < -0.4 is 0 Å². The molecular formula is C12H19NO4. The van der Waals surface area contributed by atoms with Gasteiger partial charge in [-0.05, 0) is 25.2 Å². The van der Waals surface area contributed by atoms with Crippen molar-refractivity contribution in [3.63, 3.8) is 0 Å². The second kappa shape index (κ2) is 7.06. The summed E-state index contributed by atoms with van der Waals surface area (Å²) in [6.07, 6.45) is 5.01. The molecule has 1 amide bonds. The summed E-state index contributed by atoms with van der Waals surface area (Å²) in [6, 6.07) is 0. The van der Waals surface area contributed by atoms with E-state index in [4.69, 9.17) is 9.84 Å². The Balaban J connectivity index is 2.25. The lowest BCUT2D eigenvalue weighted by molar-refractivity contribution is -0.132. The number of ether oxygens (including phenoxy) is 1. The largest absolute Gasteiger partial charge is 0.478 e. The van der Waals surface area contributed by atoms with Gasteiger partial charge in [-0.3, -0.25) is 4.79 Å². The van der Waals surface area contributed by atoms with Crippen LogP contribution in [0.1, 0.15) is 19.3 Å². The molecule has 96 valence electrons. The quantitative estimate of drug-likeness (QED) is 0.726. The number of rotatable bonds is 5. The molecule has 0 aliphatic carbocycles. The van der Waals surface area contributed by atoms with Crippen LogP contribution in [0.5, 0.6) is 0 Å². The Morgan fingerprint density at radius 1 is 1.35 bits per heavy atom. The number of amides is 1. The molecule has 0 aromatic carbocycles. The van der Waals surface area contributed by atoms with Gasteiger partial charge in [0, 0.05) is 39.0 Å². The molecule has 17 heavy (non-hydrogen) atoms. The highest BCUT2D eigenvalue weighted by Crippen LogP contribution is 2.18. The third-order valence-corrected chi connectivity index (χ3v) is 2.96. The molecule has 1 rings (SSSR count). The van der Waals surface area contributed by atoms with Crippen molar-refractivity contribution in [2.24, 2.45) is 5.92 Å². The van der Waals surface area contributed by atoms with Crippen LogP contribution in [-0.4, -0.2) is 48.7 Å². The van der Waals surface area contributed by atoms with Crippen LogP contribution in [0.3, 0.4) is 0 Å². The summed E-state index contributed by atoms with van der Waals surface area (Å²) >= 11 is 0. The molecule has 0 bridgehead atoms. The van der Waals surface area contributed by atoms with Gasteiger partial charge in [0.2, 0.25) is 5.91 Å². The molecule has 5 nitrogen and oxygen atoms in total. The van der Waals surface area contributed by atoms with Crippen molar-refractivity contribution in [2.75, 3.05) is 26.8 Å². The van der Waals surface area contributed by atoms with Gasteiger partial charge in [0.15, 0.2) is 0 Å². The second-order valence-corrected chi connectivity index (χ2v) is 4.28. The third-order valence-electron chi connectivity index (χ3n) is 2.96. The fraction of sp³-hybridized carbons (Fsp3) is 0.667. The summed E-state index contributed by atoms with van der Waals surface area (Å²) in [4.78, 5) is 23.3. The maximum atomic E-state index is 11.5. The van der Waals surface area contributed by atoms with E-state index in [1.807, 2.05) is 0 Å². The van der Waals surface area contributed by atoms with Crippen LogP contribution in [0.4, 0.5) is 0 Å². The highest BCUT2D eigenvalue weighted by molar-refractivity contribution is 5.93. The van der Waals surface area contributed by atoms with Gasteiger partial charge in [0.05, 0.1) is 0 Å². The average molecular weight is 241 g/mol. The standard InChI is InChI=1S/C12H19NO4/c1-13(11(14)2-3-12(15)16)7-4-10-5-8-17-9-6-10/h2-3,10H,4-9H2,1H3,(H,15,16)/b3-2+. The lowest BCUT2D eigenvalue weighted by Crippen LogP contribution is -2.28. The van der Waals surface area contributed by atoms with Gasteiger partial charge in [0.25, 0.3) is 0 Å². The van der Waals surface area contributed by atoms with E-state index in [-0.39, 0.29) is 5.91 Å². The Bertz CT molecular complexity index is 295. The van der Waals surface area contributed by atoms with Crippen LogP contribution in [0.2, 0.25) is 0 Å². The van der Waals surface area contributed by atoms with Gasteiger partial charge >= 0.3 is 5.97 Å². The van der Waals surface area contributed by atoms with Crippen molar-refractivity contribution >= 4 is 11.9 Å². The van der Waals surface area contributed by atoms with Gasteiger partial charge in [-0.1, -0.05) is 0 Å². The van der Waals surface area contributed by atoms with Crippen LogP contribution in [-0.2, 0) is 14.3 Å². The van der Waals surface area contributed by atoms with Crippen molar-refractivity contribution in [3.8, 4) is 0 Å². The van der Waals surface area contributed by atoms with E-state index < -0.39 is 5.97 Å². The predicted octanol–water partition coefficient (Wildman–Crippen LogP) is 0.902. The van der Waals surface area contributed by atoms with E-state index in [0.29, 0.717) is 12.5 Å². The molecule has 1 aliphatic heterocycles. The summed E-state index contributed by atoms with van der Waals surface area (Å²) in [5.41, 5.74) is 0. The zero-order valence-corrected chi connectivity index (χ0v) is 10.1. The lowest BCUT2D eigenvalue weighted by atomic mass is 9.96. The number of aliphatic carboxylic acids is 1. The number of carboxylic acids is 1. The summed E-state index contributed by atoms with van der Waals surface area (Å²) in [7, 11) is 1.69. The van der Waals surface area contributed by atoms with Crippen LogP contribution in [0, 0.1) is 5.92 Å². The minimum absolute atomic E-state index is 0.264. The first-order chi connectivity index (χ1) is 8.09. The first kappa shape index (κ1) is 13.7. The van der Waals surface area contributed by atoms with E-state index in [1.165, 1.54) is 0 Å². The fourth-order valence-corrected chi connectivity index (χ4v) is 1.79. The summed E-state index contributed by atoms with van der Waals surface area (Å²) in [5, 5.41) is 8.41. The zero-order valence-electron chi connectivity index (χ0n) is 10.1. The molecule has 1 N–H and O–H groups in total. The third kappa shape index (κ3) is 5.49. The van der Waals surface area contributed by atoms with E-state index in [2.05, 4.69) is 0 Å². The monoisotopic (exact) mass is 241 g/mol. The molecule has 0 spiro atoms. The van der Waals surface area contributed by atoms with Crippen molar-refractivity contribution < 1.29 is 19.4 Å². The molecular weight excluding hydrogens is 222 g/mol. The lowest BCUT2D eigenvalue weighted by Gasteiger charge is -2.24. The zero-order chi connectivity index (χ0) is 12.7. The molecule has 0 atom stereocenters. The summed E-state index contributed by atoms with van der Waals surface area (Å²) < 4.78 is 5.26. The molecule has 1 fully saturated rings. The van der Waals surface area contributed by atoms with Crippen LogP contribution >= 0.6 is 0 Å². The molecule has 5 heteroatoms. The van der Waals surface area contributed by atoms with Crippen LogP contribution in [0.25, 0.3) is 0 Å². The van der Waals surface area contributed by atoms with Crippen LogP contribution in [0.15, 0.2) is 12.2 Å². The Labute approximate surface area is 101 Å². The molecule has 0 radical (unpaired) electrons. The highest BCUT2D eigenvalue weighted by Gasteiger charge is 2.15. The van der Waals surface area contributed by atoms with E-state index >= 15 is 0 Å². The Morgan fingerprint density at radius 3 is 2.59 bits per heavy atom. The molecule has 0 saturated carbocycles. The maximum Gasteiger partial charge on any atom is 0.328 e. The highest BCUT2D eigenvalue weighted by atomic mass is 16.5. The molecule has 1 saturated heterocycles. The number of likely N-dealkylation sites (N-methyl/N-ethyl adjacent to an activating group) is 1. The number of hydrogen-bond donors (Lipinski definition) is 1. The van der Waals surface area contributed by atoms with E-state index in [1.54, 1.807) is 11.9 Å². The molecule has 1 heterocycles. The Morgan fingerprint density at radius 2 is 2.00 bits per heavy atom. The summed E-state index contributed by atoms with van der Waals surface area (Å²) in [6.45, 7) is 2.27. The normalized spacial score (nSPS) is 17.2. The number of nitrogens with zero attached hydrogens (tertiary/aromatic N) is 1. The number of carbonyl (C=O) groups is 2. The Kier molecular flexibility index (Phi) is 5.69. The van der Waals surface area contributed by atoms with Gasteiger partial charge in [-0.15, -0.1) is 0 Å². The minimum Gasteiger partial charge on any atom is -0.478 e. The molecule has 1 aliphatic rings. The smallest absolute Gasteiger partial charge is 0.328 e. The van der Waals surface area contributed by atoms with Gasteiger partial charge in [0.1, 0.15) is 0 Å². The van der Waals surface area contributed by atoms with Gasteiger partial charge < -0.3 is 14.7 Å². The maximum absolute atomic E-state index is 11.5. The second-order valence-electron chi connectivity index (χ2n) is 4.28. The minimum atomic E-state index is -1.10. The van der Waals surface area contributed by atoms with Crippen molar-refractivity contribution in [3.05, 3.63) is 12.2 Å². The van der Waals surface area contributed by atoms with Crippen molar-refractivity contribution in [2.45, 2.75) is 19.3 Å². The molecule has 0 unspecified atom stereocenters. The number of carbonyl (C=O) groups excluding carboxylic acids is 1. The fourth-order valence-electron chi connectivity index (χ4n) is 1.79. The number of hydrogen-bond acceptors (Lipinski definition) is 3. The first-order valence-electron chi connectivity index (χ1n) is 5.83.